The summed E-state index contributed by atoms with van der Waals surface area (Å²) in [5.41, 5.74) is 2.16. The molecule has 0 aliphatic carbocycles. The van der Waals surface area contributed by atoms with E-state index in [0.29, 0.717) is 0 Å². The Hall–Kier alpha value is -1.45. The molecule has 100 valence electrons. The van der Waals surface area contributed by atoms with Crippen LogP contribution >= 0.6 is 15.9 Å². The first kappa shape index (κ1) is 13.5. The van der Waals surface area contributed by atoms with Crippen molar-refractivity contribution in [3.05, 3.63) is 65.1 Å². The monoisotopic (exact) mass is 344 g/mol. The summed E-state index contributed by atoms with van der Waals surface area (Å²) < 4.78 is 13.1. The third-order valence-corrected chi connectivity index (χ3v) is 4.82. The van der Waals surface area contributed by atoms with Crippen molar-refractivity contribution >= 4 is 37.5 Å². The summed E-state index contributed by atoms with van der Waals surface area (Å²) in [7, 11) is -1.01. The van der Waals surface area contributed by atoms with E-state index in [0.717, 1.165) is 25.9 Å². The highest BCUT2D eigenvalue weighted by molar-refractivity contribution is 9.10. The normalized spacial score (nSPS) is 12.5. The van der Waals surface area contributed by atoms with Crippen LogP contribution in [-0.4, -0.2) is 10.5 Å². The van der Waals surface area contributed by atoms with E-state index in [-0.39, 0.29) is 0 Å². The Morgan fingerprint density at radius 2 is 1.60 bits per heavy atom. The minimum absolute atomic E-state index is 0.881. The first-order chi connectivity index (χ1) is 9.66. The molecule has 20 heavy (non-hydrogen) atoms. The Labute approximate surface area is 129 Å². The zero-order valence-electron chi connectivity index (χ0n) is 11.0. The molecular weight excluding hydrogens is 332 g/mol. The third kappa shape index (κ3) is 2.43. The van der Waals surface area contributed by atoms with Crippen LogP contribution in [0.2, 0.25) is 0 Å². The number of hydrogen-bond donors (Lipinski definition) is 0. The lowest BCUT2D eigenvalue weighted by Crippen LogP contribution is -1.93. The number of hydrogen-bond acceptors (Lipinski definition) is 1. The molecule has 0 spiro atoms. The molecule has 0 aliphatic rings. The molecule has 0 aromatic heterocycles. The van der Waals surface area contributed by atoms with Crippen molar-refractivity contribution in [3.63, 3.8) is 0 Å². The summed E-state index contributed by atoms with van der Waals surface area (Å²) in [6, 6.07) is 20.4. The summed E-state index contributed by atoms with van der Waals surface area (Å²) in [5, 5.41) is 2.31. The fraction of sp³-hybridized carbons (Fsp3) is 0.0588. The Morgan fingerprint density at radius 3 is 2.30 bits per heavy atom. The lowest BCUT2D eigenvalue weighted by molar-refractivity contribution is 0.687. The minimum atomic E-state index is -1.01. The van der Waals surface area contributed by atoms with Gasteiger partial charge in [0, 0.05) is 21.2 Å². The second-order valence-electron chi connectivity index (χ2n) is 4.62. The van der Waals surface area contributed by atoms with Crippen molar-refractivity contribution in [2.24, 2.45) is 0 Å². The van der Waals surface area contributed by atoms with Gasteiger partial charge >= 0.3 is 0 Å². The third-order valence-electron chi connectivity index (χ3n) is 3.33. The van der Waals surface area contributed by atoms with E-state index in [1.54, 1.807) is 6.26 Å². The molecule has 0 N–H and O–H groups in total. The van der Waals surface area contributed by atoms with Gasteiger partial charge in [0.05, 0.1) is 10.8 Å². The van der Waals surface area contributed by atoms with Gasteiger partial charge in [0.25, 0.3) is 0 Å². The highest BCUT2D eigenvalue weighted by atomic mass is 79.9. The first-order valence-corrected chi connectivity index (χ1v) is 8.63. The minimum Gasteiger partial charge on any atom is -0.255 e. The van der Waals surface area contributed by atoms with E-state index >= 15 is 0 Å². The van der Waals surface area contributed by atoms with Crippen LogP contribution in [0, 0.1) is 0 Å². The maximum atomic E-state index is 12.1. The van der Waals surface area contributed by atoms with E-state index in [4.69, 9.17) is 0 Å². The summed E-state index contributed by atoms with van der Waals surface area (Å²) >= 11 is 3.46. The molecule has 0 heterocycles. The van der Waals surface area contributed by atoms with Gasteiger partial charge in [-0.05, 0) is 34.5 Å². The lowest BCUT2D eigenvalue weighted by atomic mass is 9.98. The maximum Gasteiger partial charge on any atom is 0.0504 e. The predicted octanol–water partition coefficient (Wildman–Crippen LogP) is 5.01. The van der Waals surface area contributed by atoms with E-state index in [1.807, 2.05) is 36.4 Å². The maximum absolute atomic E-state index is 12.1. The van der Waals surface area contributed by atoms with Crippen LogP contribution in [0.15, 0.2) is 70.0 Å². The van der Waals surface area contributed by atoms with Crippen molar-refractivity contribution in [2.75, 3.05) is 6.26 Å². The van der Waals surface area contributed by atoms with Crippen LogP contribution in [-0.2, 0) is 10.8 Å². The number of halogens is 1. The van der Waals surface area contributed by atoms with Gasteiger partial charge in [0.1, 0.15) is 0 Å². The van der Waals surface area contributed by atoms with Gasteiger partial charge in [-0.25, -0.2) is 0 Å². The van der Waals surface area contributed by atoms with Crippen LogP contribution < -0.4 is 0 Å². The SMILES string of the molecule is CS(=O)c1ccc2ccccc2c1-c1ccc(Br)cc1. The van der Waals surface area contributed by atoms with Gasteiger partial charge in [-0.2, -0.15) is 0 Å². The molecule has 0 bridgehead atoms. The van der Waals surface area contributed by atoms with Crippen LogP contribution in [0.1, 0.15) is 0 Å². The Morgan fingerprint density at radius 1 is 0.900 bits per heavy atom. The molecule has 1 nitrogen and oxygen atoms in total. The van der Waals surface area contributed by atoms with E-state index in [9.17, 15) is 4.21 Å². The van der Waals surface area contributed by atoms with Gasteiger partial charge in [-0.3, -0.25) is 4.21 Å². The molecular formula is C17H13BrOS. The van der Waals surface area contributed by atoms with Crippen LogP contribution in [0.3, 0.4) is 0 Å². The van der Waals surface area contributed by atoms with Crippen molar-refractivity contribution in [3.8, 4) is 11.1 Å². The van der Waals surface area contributed by atoms with Crippen molar-refractivity contribution in [1.82, 2.24) is 0 Å². The molecule has 3 aromatic carbocycles. The average molecular weight is 345 g/mol. The summed E-state index contributed by atoms with van der Waals surface area (Å²) in [6.45, 7) is 0. The number of rotatable bonds is 2. The molecule has 3 aromatic rings. The van der Waals surface area contributed by atoms with Crippen molar-refractivity contribution < 1.29 is 4.21 Å². The standard InChI is InChI=1S/C17H13BrOS/c1-20(19)16-11-8-12-4-2-3-5-15(12)17(16)13-6-9-14(18)10-7-13/h2-11H,1H3. The summed E-state index contributed by atoms with van der Waals surface area (Å²) in [6.07, 6.45) is 1.73. The molecule has 1 atom stereocenters. The van der Waals surface area contributed by atoms with E-state index in [1.165, 1.54) is 5.39 Å². The molecule has 3 heteroatoms. The summed E-state index contributed by atoms with van der Waals surface area (Å²) in [5.74, 6) is 0. The Bertz CT molecular complexity index is 794. The first-order valence-electron chi connectivity index (χ1n) is 6.28. The molecule has 0 saturated carbocycles. The molecule has 0 amide bonds. The largest absolute Gasteiger partial charge is 0.255 e. The average Bonchev–Trinajstić information content (AvgIpc) is 2.47. The fourth-order valence-corrected chi connectivity index (χ4v) is 3.44. The second kappa shape index (κ2) is 5.51. The van der Waals surface area contributed by atoms with Gasteiger partial charge in [-0.15, -0.1) is 0 Å². The second-order valence-corrected chi connectivity index (χ2v) is 6.88. The molecule has 0 fully saturated rings. The zero-order valence-corrected chi connectivity index (χ0v) is 13.4. The molecule has 0 radical (unpaired) electrons. The summed E-state index contributed by atoms with van der Waals surface area (Å²) in [4.78, 5) is 0.881. The lowest BCUT2D eigenvalue weighted by Gasteiger charge is -2.12. The van der Waals surface area contributed by atoms with Gasteiger partial charge < -0.3 is 0 Å². The van der Waals surface area contributed by atoms with Gasteiger partial charge in [-0.1, -0.05) is 58.4 Å². The molecule has 3 rings (SSSR count). The van der Waals surface area contributed by atoms with Crippen molar-refractivity contribution in [1.29, 1.82) is 0 Å². The Kier molecular flexibility index (Phi) is 3.72. The zero-order chi connectivity index (χ0) is 14.1. The molecule has 1 unspecified atom stereocenters. The van der Waals surface area contributed by atoms with Gasteiger partial charge in [0.2, 0.25) is 0 Å². The molecule has 0 aliphatic heterocycles. The van der Waals surface area contributed by atoms with E-state index < -0.39 is 10.8 Å². The fourth-order valence-electron chi connectivity index (χ4n) is 2.41. The molecule has 0 saturated heterocycles. The van der Waals surface area contributed by atoms with Crippen LogP contribution in [0.5, 0.6) is 0 Å². The Balaban J connectivity index is 2.38. The topological polar surface area (TPSA) is 17.1 Å². The smallest absolute Gasteiger partial charge is 0.0504 e. The number of fused-ring (bicyclic) bond motifs is 1. The van der Waals surface area contributed by atoms with Crippen molar-refractivity contribution in [2.45, 2.75) is 4.90 Å². The van der Waals surface area contributed by atoms with Gasteiger partial charge in [0.15, 0.2) is 0 Å². The number of benzene rings is 3. The van der Waals surface area contributed by atoms with E-state index in [2.05, 4.69) is 40.2 Å². The quantitative estimate of drug-likeness (QED) is 0.638. The van der Waals surface area contributed by atoms with Crippen LogP contribution in [0.25, 0.3) is 21.9 Å². The predicted molar refractivity (Wildman–Crippen MR) is 89.4 cm³/mol. The highest BCUT2D eigenvalue weighted by Crippen LogP contribution is 2.34. The highest BCUT2D eigenvalue weighted by Gasteiger charge is 2.12. The van der Waals surface area contributed by atoms with Crippen LogP contribution in [0.4, 0.5) is 0 Å².